The molecule has 2 rings (SSSR count). The zero-order valence-electron chi connectivity index (χ0n) is 9.35. The molecule has 0 radical (unpaired) electrons. The third-order valence-electron chi connectivity index (χ3n) is 2.30. The molecule has 2 aromatic rings. The molecule has 1 aromatic carbocycles. The van der Waals surface area contributed by atoms with E-state index in [-0.39, 0.29) is 11.3 Å². The van der Waals surface area contributed by atoms with E-state index in [1.807, 2.05) is 0 Å². The number of carbonyl (C=O) groups excluding carboxylic acids is 2. The lowest BCUT2D eigenvalue weighted by atomic mass is 10.1. The molecule has 0 unspecified atom stereocenters. The van der Waals surface area contributed by atoms with Gasteiger partial charge in [-0.3, -0.25) is 4.79 Å². The van der Waals surface area contributed by atoms with Crippen molar-refractivity contribution in [2.45, 2.75) is 0 Å². The van der Waals surface area contributed by atoms with Crippen molar-refractivity contribution in [3.8, 4) is 0 Å². The van der Waals surface area contributed by atoms with E-state index in [0.29, 0.717) is 0 Å². The Hall–Kier alpha value is -2.43. The van der Waals surface area contributed by atoms with Crippen LogP contribution >= 0.6 is 0 Å². The number of carbonyl (C=O) groups is 2. The first-order chi connectivity index (χ1) is 8.66. The fourth-order valence-electron chi connectivity index (χ4n) is 1.41. The van der Waals surface area contributed by atoms with Crippen LogP contribution in [0.2, 0.25) is 0 Å². The van der Waals surface area contributed by atoms with Gasteiger partial charge >= 0.3 is 5.97 Å². The number of halogens is 1. The van der Waals surface area contributed by atoms with Gasteiger partial charge in [0, 0.05) is 11.8 Å². The minimum atomic E-state index is -0.621. The van der Waals surface area contributed by atoms with Crippen LogP contribution in [-0.2, 0) is 4.74 Å². The summed E-state index contributed by atoms with van der Waals surface area (Å²) in [4.78, 5) is 25.7. The highest BCUT2D eigenvalue weighted by molar-refractivity contribution is 5.99. The molecule has 0 atom stereocenters. The van der Waals surface area contributed by atoms with E-state index in [9.17, 15) is 14.0 Å². The molecule has 5 heteroatoms. The van der Waals surface area contributed by atoms with Gasteiger partial charge in [0.1, 0.15) is 11.5 Å². The van der Waals surface area contributed by atoms with Gasteiger partial charge in [-0.1, -0.05) is 12.1 Å². The third kappa shape index (κ3) is 2.82. The van der Waals surface area contributed by atoms with Gasteiger partial charge in [0.25, 0.3) is 0 Å². The first kappa shape index (κ1) is 12.0. The zero-order valence-corrected chi connectivity index (χ0v) is 9.35. The second-order valence-electron chi connectivity index (χ2n) is 3.59. The summed E-state index contributed by atoms with van der Waals surface area (Å²) in [5, 5.41) is 0. The molecule has 0 spiro atoms. The fraction of sp³-hybridized carbons (Fsp3) is 0.0769. The van der Waals surface area contributed by atoms with Crippen molar-refractivity contribution < 1.29 is 18.7 Å². The summed E-state index contributed by atoms with van der Waals surface area (Å²) in [6, 6.07) is 8.41. The minimum absolute atomic E-state index is 0.175. The van der Waals surface area contributed by atoms with Crippen molar-refractivity contribution in [3.63, 3.8) is 0 Å². The largest absolute Gasteiger partial charge is 0.453 e. The zero-order chi connectivity index (χ0) is 13.0. The predicted octanol–water partition coefficient (Wildman–Crippen LogP) is 2.19. The van der Waals surface area contributed by atoms with Crippen molar-refractivity contribution >= 4 is 11.8 Å². The van der Waals surface area contributed by atoms with Gasteiger partial charge in [0.2, 0.25) is 0 Å². The Balaban J connectivity index is 1.95. The maximum atomic E-state index is 12.9. The molecule has 0 aliphatic carbocycles. The fourth-order valence-corrected chi connectivity index (χ4v) is 1.41. The van der Waals surface area contributed by atoms with Gasteiger partial charge in [0.05, 0.1) is 0 Å². The van der Waals surface area contributed by atoms with E-state index < -0.39 is 24.2 Å². The maximum absolute atomic E-state index is 12.9. The molecule has 1 N–H and O–H groups in total. The summed E-state index contributed by atoms with van der Waals surface area (Å²) < 4.78 is 17.7. The van der Waals surface area contributed by atoms with Crippen LogP contribution in [0.4, 0.5) is 4.39 Å². The molecule has 0 bridgehead atoms. The average Bonchev–Trinajstić information content (AvgIpc) is 2.89. The Morgan fingerprint density at radius 3 is 2.72 bits per heavy atom. The molecule has 1 heterocycles. The molecule has 1 aromatic heterocycles. The lowest BCUT2D eigenvalue weighted by molar-refractivity contribution is 0.0469. The standard InChI is InChI=1S/C13H10FNO3/c14-10-4-1-3-9(7-10)12(16)8-18-13(17)11-5-2-6-15-11/h1-7,15H,8H2. The molecule has 4 nitrogen and oxygen atoms in total. The van der Waals surface area contributed by atoms with Gasteiger partial charge in [-0.15, -0.1) is 0 Å². The highest BCUT2D eigenvalue weighted by atomic mass is 19.1. The monoisotopic (exact) mass is 247 g/mol. The molecule has 0 aliphatic heterocycles. The van der Waals surface area contributed by atoms with Crippen molar-refractivity contribution in [2.75, 3.05) is 6.61 Å². The number of hydrogen-bond donors (Lipinski definition) is 1. The molecular weight excluding hydrogens is 237 g/mol. The number of aromatic nitrogens is 1. The molecule has 0 fully saturated rings. The molecule has 0 saturated heterocycles. The summed E-state index contributed by atoms with van der Waals surface area (Å²) >= 11 is 0. The van der Waals surface area contributed by atoms with Crippen molar-refractivity contribution in [3.05, 3.63) is 59.7 Å². The van der Waals surface area contributed by atoms with Gasteiger partial charge in [0.15, 0.2) is 12.4 Å². The second-order valence-corrected chi connectivity index (χ2v) is 3.59. The van der Waals surface area contributed by atoms with E-state index in [2.05, 4.69) is 4.98 Å². The van der Waals surface area contributed by atoms with Crippen LogP contribution in [0.15, 0.2) is 42.6 Å². The van der Waals surface area contributed by atoms with Gasteiger partial charge in [-0.05, 0) is 24.3 Å². The van der Waals surface area contributed by atoms with Gasteiger partial charge in [-0.2, -0.15) is 0 Å². The lowest BCUT2D eigenvalue weighted by Gasteiger charge is -2.03. The number of H-pyrrole nitrogens is 1. The molecule has 0 saturated carbocycles. The quantitative estimate of drug-likeness (QED) is 0.665. The topological polar surface area (TPSA) is 59.2 Å². The van der Waals surface area contributed by atoms with Gasteiger partial charge in [-0.25, -0.2) is 9.18 Å². The summed E-state index contributed by atoms with van der Waals surface area (Å²) in [5.74, 6) is -1.57. The Morgan fingerprint density at radius 2 is 2.06 bits per heavy atom. The number of ether oxygens (including phenoxy) is 1. The smallest absolute Gasteiger partial charge is 0.355 e. The number of Topliss-reactive ketones (excluding diaryl/α,β-unsaturated/α-hetero) is 1. The van der Waals surface area contributed by atoms with Gasteiger partial charge < -0.3 is 9.72 Å². The molecule has 0 amide bonds. The maximum Gasteiger partial charge on any atom is 0.355 e. The molecule has 92 valence electrons. The normalized spacial score (nSPS) is 10.1. The van der Waals surface area contributed by atoms with E-state index in [1.54, 1.807) is 12.3 Å². The predicted molar refractivity (Wildman–Crippen MR) is 61.8 cm³/mol. The average molecular weight is 247 g/mol. The van der Waals surface area contributed by atoms with Crippen molar-refractivity contribution in [2.24, 2.45) is 0 Å². The summed E-state index contributed by atoms with van der Waals surface area (Å²) in [7, 11) is 0. The van der Waals surface area contributed by atoms with Crippen LogP contribution in [0.25, 0.3) is 0 Å². The lowest BCUT2D eigenvalue weighted by Crippen LogP contribution is -2.14. The number of benzene rings is 1. The van der Waals surface area contributed by atoms with Crippen LogP contribution in [-0.4, -0.2) is 23.3 Å². The SMILES string of the molecule is O=C(COC(=O)c1ccc[nH]1)c1cccc(F)c1. The van der Waals surface area contributed by atoms with Crippen LogP contribution in [0, 0.1) is 5.82 Å². The number of nitrogens with one attached hydrogen (secondary N) is 1. The summed E-state index contributed by atoms with van der Waals surface area (Å²) in [5.41, 5.74) is 0.441. The van der Waals surface area contributed by atoms with Crippen LogP contribution in [0.1, 0.15) is 20.8 Å². The highest BCUT2D eigenvalue weighted by Crippen LogP contribution is 2.05. The Bertz CT molecular complexity index is 563. The minimum Gasteiger partial charge on any atom is -0.453 e. The first-order valence-corrected chi connectivity index (χ1v) is 5.26. The molecular formula is C13H10FNO3. The number of hydrogen-bond acceptors (Lipinski definition) is 3. The summed E-state index contributed by atoms with van der Waals surface area (Å²) in [6.07, 6.45) is 1.57. The first-order valence-electron chi connectivity index (χ1n) is 5.26. The Kier molecular flexibility index (Phi) is 3.52. The van der Waals surface area contributed by atoms with Crippen LogP contribution < -0.4 is 0 Å². The van der Waals surface area contributed by atoms with Crippen LogP contribution in [0.5, 0.6) is 0 Å². The number of rotatable bonds is 4. The van der Waals surface area contributed by atoms with Crippen molar-refractivity contribution in [1.29, 1.82) is 0 Å². The Morgan fingerprint density at radius 1 is 1.22 bits per heavy atom. The van der Waals surface area contributed by atoms with E-state index in [4.69, 9.17) is 4.74 Å². The van der Waals surface area contributed by atoms with Crippen molar-refractivity contribution in [1.82, 2.24) is 4.98 Å². The second kappa shape index (κ2) is 5.27. The molecule has 18 heavy (non-hydrogen) atoms. The van der Waals surface area contributed by atoms with Crippen LogP contribution in [0.3, 0.4) is 0 Å². The van der Waals surface area contributed by atoms with E-state index in [0.717, 1.165) is 6.07 Å². The summed E-state index contributed by atoms with van der Waals surface area (Å²) in [6.45, 7) is -0.415. The Labute approximate surface area is 102 Å². The molecule has 0 aliphatic rings. The number of esters is 1. The number of aromatic amines is 1. The van der Waals surface area contributed by atoms with E-state index in [1.165, 1.54) is 24.3 Å². The highest BCUT2D eigenvalue weighted by Gasteiger charge is 2.12. The third-order valence-corrected chi connectivity index (χ3v) is 2.30. The number of ketones is 1. The van der Waals surface area contributed by atoms with E-state index >= 15 is 0 Å².